The Morgan fingerprint density at radius 1 is 1.48 bits per heavy atom. The van der Waals surface area contributed by atoms with Crippen molar-refractivity contribution in [1.82, 2.24) is 15.2 Å². The van der Waals surface area contributed by atoms with E-state index in [4.69, 9.17) is 0 Å². The fourth-order valence-electron chi connectivity index (χ4n) is 2.64. The molecule has 1 aliphatic rings. The van der Waals surface area contributed by atoms with Crippen molar-refractivity contribution in [2.24, 2.45) is 0 Å². The summed E-state index contributed by atoms with van der Waals surface area (Å²) in [7, 11) is 0. The van der Waals surface area contributed by atoms with Gasteiger partial charge in [0.25, 0.3) is 0 Å². The number of carboxylic acids is 1. The van der Waals surface area contributed by atoms with Gasteiger partial charge in [0.15, 0.2) is 0 Å². The van der Waals surface area contributed by atoms with Crippen molar-refractivity contribution in [1.29, 1.82) is 0 Å². The molecule has 1 saturated heterocycles. The first-order valence-corrected chi connectivity index (χ1v) is 7.13. The number of carbonyl (C=O) groups excluding carboxylic acids is 1. The predicted molar refractivity (Wildman–Crippen MR) is 77.8 cm³/mol. The van der Waals surface area contributed by atoms with Crippen molar-refractivity contribution in [3.8, 4) is 0 Å². The number of nitrogens with one attached hydrogen (secondary N) is 1. The van der Waals surface area contributed by atoms with Crippen molar-refractivity contribution in [2.45, 2.75) is 45.2 Å². The Labute approximate surface area is 124 Å². The van der Waals surface area contributed by atoms with Crippen LogP contribution in [0.1, 0.15) is 37.3 Å². The molecule has 21 heavy (non-hydrogen) atoms. The molecule has 1 fully saturated rings. The van der Waals surface area contributed by atoms with E-state index >= 15 is 0 Å². The van der Waals surface area contributed by atoms with Gasteiger partial charge in [-0.1, -0.05) is 0 Å². The first kappa shape index (κ1) is 15.3. The highest BCUT2D eigenvalue weighted by Gasteiger charge is 2.43. The van der Waals surface area contributed by atoms with E-state index in [-0.39, 0.29) is 6.03 Å². The number of piperidine rings is 1. The second-order valence-electron chi connectivity index (χ2n) is 5.65. The molecule has 0 bridgehead atoms. The number of aliphatic carboxylic acids is 1. The molecular formula is C15H21N3O3. The number of hydrogen-bond donors (Lipinski definition) is 2. The molecule has 1 aromatic rings. The summed E-state index contributed by atoms with van der Waals surface area (Å²) in [5.74, 6) is -0.947. The summed E-state index contributed by atoms with van der Waals surface area (Å²) in [4.78, 5) is 29.3. The number of nitrogens with zero attached hydrogens (tertiary/aromatic N) is 2. The highest BCUT2D eigenvalue weighted by Crippen LogP contribution is 2.28. The summed E-state index contributed by atoms with van der Waals surface area (Å²) in [5.41, 5.74) is 0.861. The molecule has 0 saturated carbocycles. The summed E-state index contributed by atoms with van der Waals surface area (Å²) in [6, 6.07) is 1.53. The standard InChI is InChI=1S/C15H21N3O3/c1-11-9-16-7-5-12(11)10-17-14(21)18-8-4-3-6-15(18,2)13(19)20/h5,7,9H,3-4,6,8,10H2,1-2H3,(H,17,21)(H,19,20). The lowest BCUT2D eigenvalue weighted by molar-refractivity contribution is -0.150. The van der Waals surface area contributed by atoms with Crippen molar-refractivity contribution in [3.05, 3.63) is 29.6 Å². The van der Waals surface area contributed by atoms with Gasteiger partial charge in [-0.25, -0.2) is 9.59 Å². The predicted octanol–water partition coefficient (Wildman–Crippen LogP) is 1.93. The number of carboxylic acid groups (broad SMARTS) is 1. The van der Waals surface area contributed by atoms with Crippen molar-refractivity contribution in [3.63, 3.8) is 0 Å². The van der Waals surface area contributed by atoms with Gasteiger partial charge in [-0.2, -0.15) is 0 Å². The molecule has 1 aliphatic heterocycles. The molecule has 1 unspecified atom stereocenters. The number of likely N-dealkylation sites (tertiary alicyclic amines) is 1. The van der Waals surface area contributed by atoms with Gasteiger partial charge in [-0.05, 0) is 50.3 Å². The van der Waals surface area contributed by atoms with Gasteiger partial charge >= 0.3 is 12.0 Å². The summed E-state index contributed by atoms with van der Waals surface area (Å²) in [6.45, 7) is 4.39. The lowest BCUT2D eigenvalue weighted by atomic mass is 9.89. The van der Waals surface area contributed by atoms with E-state index in [9.17, 15) is 14.7 Å². The van der Waals surface area contributed by atoms with Crippen LogP contribution in [-0.4, -0.2) is 39.1 Å². The number of aromatic nitrogens is 1. The van der Waals surface area contributed by atoms with Gasteiger partial charge in [0.1, 0.15) is 5.54 Å². The van der Waals surface area contributed by atoms with Crippen LogP contribution in [0.2, 0.25) is 0 Å². The summed E-state index contributed by atoms with van der Waals surface area (Å²) >= 11 is 0. The van der Waals surface area contributed by atoms with Crippen LogP contribution < -0.4 is 5.32 Å². The zero-order chi connectivity index (χ0) is 15.5. The minimum absolute atomic E-state index is 0.323. The van der Waals surface area contributed by atoms with Crippen molar-refractivity contribution >= 4 is 12.0 Å². The van der Waals surface area contributed by atoms with Gasteiger partial charge in [-0.15, -0.1) is 0 Å². The molecule has 114 valence electrons. The van der Waals surface area contributed by atoms with Gasteiger partial charge in [0.2, 0.25) is 0 Å². The van der Waals surface area contributed by atoms with Gasteiger partial charge < -0.3 is 15.3 Å². The Balaban J connectivity index is 2.05. The Morgan fingerprint density at radius 3 is 2.90 bits per heavy atom. The smallest absolute Gasteiger partial charge is 0.329 e. The molecule has 2 heterocycles. The van der Waals surface area contributed by atoms with Crippen LogP contribution >= 0.6 is 0 Å². The maximum atomic E-state index is 12.3. The highest BCUT2D eigenvalue weighted by atomic mass is 16.4. The lowest BCUT2D eigenvalue weighted by Crippen LogP contribution is -2.59. The number of carbonyl (C=O) groups is 2. The lowest BCUT2D eigenvalue weighted by Gasteiger charge is -2.41. The van der Waals surface area contributed by atoms with E-state index in [0.29, 0.717) is 19.5 Å². The van der Waals surface area contributed by atoms with Crippen LogP contribution in [0, 0.1) is 6.92 Å². The second kappa shape index (κ2) is 6.11. The fourth-order valence-corrected chi connectivity index (χ4v) is 2.64. The van der Waals surface area contributed by atoms with E-state index < -0.39 is 11.5 Å². The molecule has 2 N–H and O–H groups in total. The molecule has 2 rings (SSSR count). The quantitative estimate of drug-likeness (QED) is 0.891. The molecule has 0 spiro atoms. The minimum Gasteiger partial charge on any atom is -0.480 e. The minimum atomic E-state index is -1.12. The topological polar surface area (TPSA) is 82.5 Å². The molecule has 6 nitrogen and oxygen atoms in total. The first-order valence-electron chi connectivity index (χ1n) is 7.13. The Hall–Kier alpha value is -2.11. The number of rotatable bonds is 3. The monoisotopic (exact) mass is 291 g/mol. The number of amides is 2. The summed E-state index contributed by atoms with van der Waals surface area (Å²) in [5, 5.41) is 12.2. The number of pyridine rings is 1. The first-order chi connectivity index (χ1) is 9.95. The Bertz CT molecular complexity index is 547. The van der Waals surface area contributed by atoms with Gasteiger partial charge in [-0.3, -0.25) is 4.98 Å². The maximum absolute atomic E-state index is 12.3. The van der Waals surface area contributed by atoms with E-state index in [2.05, 4.69) is 10.3 Å². The number of hydrogen-bond acceptors (Lipinski definition) is 3. The molecule has 6 heteroatoms. The average molecular weight is 291 g/mol. The average Bonchev–Trinajstić information content (AvgIpc) is 2.46. The van der Waals surface area contributed by atoms with Crippen LogP contribution in [-0.2, 0) is 11.3 Å². The third-order valence-corrected chi connectivity index (χ3v) is 4.16. The van der Waals surface area contributed by atoms with E-state index in [0.717, 1.165) is 24.0 Å². The summed E-state index contributed by atoms with van der Waals surface area (Å²) in [6.07, 6.45) is 5.57. The van der Waals surface area contributed by atoms with Crippen LogP contribution in [0.15, 0.2) is 18.5 Å². The second-order valence-corrected chi connectivity index (χ2v) is 5.65. The Morgan fingerprint density at radius 2 is 2.24 bits per heavy atom. The normalized spacial score (nSPS) is 21.9. The summed E-state index contributed by atoms with van der Waals surface area (Å²) < 4.78 is 0. The SMILES string of the molecule is Cc1cnccc1CNC(=O)N1CCCCC1(C)C(=O)O. The largest absolute Gasteiger partial charge is 0.480 e. The van der Waals surface area contributed by atoms with E-state index in [1.807, 2.05) is 13.0 Å². The molecule has 2 amide bonds. The number of aryl methyl sites for hydroxylation is 1. The third kappa shape index (κ3) is 3.15. The zero-order valence-corrected chi connectivity index (χ0v) is 12.4. The van der Waals surface area contributed by atoms with Crippen molar-refractivity contribution < 1.29 is 14.7 Å². The van der Waals surface area contributed by atoms with Crippen LogP contribution in [0.5, 0.6) is 0 Å². The van der Waals surface area contributed by atoms with Crippen LogP contribution in [0.4, 0.5) is 4.79 Å². The van der Waals surface area contributed by atoms with E-state index in [1.165, 1.54) is 4.90 Å². The molecule has 1 atom stereocenters. The van der Waals surface area contributed by atoms with Crippen molar-refractivity contribution in [2.75, 3.05) is 6.54 Å². The maximum Gasteiger partial charge on any atom is 0.329 e. The molecule has 0 aliphatic carbocycles. The Kier molecular flexibility index (Phi) is 4.45. The number of urea groups is 1. The molecule has 0 aromatic carbocycles. The van der Waals surface area contributed by atoms with Gasteiger partial charge in [0, 0.05) is 25.5 Å². The fraction of sp³-hybridized carbons (Fsp3) is 0.533. The van der Waals surface area contributed by atoms with E-state index in [1.54, 1.807) is 19.3 Å². The van der Waals surface area contributed by atoms with Crippen LogP contribution in [0.25, 0.3) is 0 Å². The zero-order valence-electron chi connectivity index (χ0n) is 12.4. The highest BCUT2D eigenvalue weighted by molar-refractivity contribution is 5.86. The third-order valence-electron chi connectivity index (χ3n) is 4.16. The van der Waals surface area contributed by atoms with Crippen LogP contribution in [0.3, 0.4) is 0 Å². The molecule has 1 aromatic heterocycles. The molecule has 0 radical (unpaired) electrons. The molecular weight excluding hydrogens is 270 g/mol. The van der Waals surface area contributed by atoms with Gasteiger partial charge in [0.05, 0.1) is 0 Å².